The van der Waals surface area contributed by atoms with E-state index in [-0.39, 0.29) is 6.04 Å². The maximum atomic E-state index is 5.74. The molecule has 0 aliphatic heterocycles. The molecule has 0 aliphatic carbocycles. The summed E-state index contributed by atoms with van der Waals surface area (Å²) in [4.78, 5) is 3.99. The van der Waals surface area contributed by atoms with Crippen molar-refractivity contribution in [2.75, 3.05) is 0 Å². The minimum Gasteiger partial charge on any atom is -0.321 e. The second-order valence-electron chi connectivity index (χ2n) is 2.49. The Bertz CT molecular complexity index is 255. The monoisotopic (exact) mass is 148 g/mol. The predicted octanol–water partition coefficient (Wildman–Crippen LogP) is 1.58. The first-order valence-corrected chi connectivity index (χ1v) is 3.54. The molecule has 2 heteroatoms. The van der Waals surface area contributed by atoms with E-state index in [9.17, 15) is 0 Å². The summed E-state index contributed by atoms with van der Waals surface area (Å²) in [6.45, 7) is 5.64. The van der Waals surface area contributed by atoms with Crippen LogP contribution in [0.1, 0.15) is 17.2 Å². The number of pyridine rings is 1. The lowest BCUT2D eigenvalue weighted by atomic mass is 10.1. The highest BCUT2D eigenvalue weighted by molar-refractivity contribution is 5.27. The van der Waals surface area contributed by atoms with E-state index in [1.165, 1.54) is 0 Å². The highest BCUT2D eigenvalue weighted by Gasteiger charge is 2.02. The Kier molecular flexibility index (Phi) is 2.39. The van der Waals surface area contributed by atoms with Crippen LogP contribution in [0, 0.1) is 6.92 Å². The Morgan fingerprint density at radius 2 is 2.45 bits per heavy atom. The lowest BCUT2D eigenvalue weighted by Gasteiger charge is -2.08. The fourth-order valence-electron chi connectivity index (χ4n) is 0.952. The summed E-state index contributed by atoms with van der Waals surface area (Å²) in [6.07, 6.45) is 5.25. The molecule has 1 unspecified atom stereocenters. The van der Waals surface area contributed by atoms with E-state index in [1.807, 2.05) is 13.0 Å². The molecule has 0 aliphatic rings. The second kappa shape index (κ2) is 3.30. The van der Waals surface area contributed by atoms with Crippen molar-refractivity contribution in [3.63, 3.8) is 0 Å². The molecule has 2 N–H and O–H groups in total. The molecular weight excluding hydrogens is 136 g/mol. The van der Waals surface area contributed by atoms with Crippen molar-refractivity contribution in [1.29, 1.82) is 0 Å². The van der Waals surface area contributed by atoms with Crippen molar-refractivity contribution in [2.45, 2.75) is 13.0 Å². The minimum absolute atomic E-state index is 0.0938. The first-order chi connectivity index (χ1) is 5.25. The van der Waals surface area contributed by atoms with Gasteiger partial charge in [-0.25, -0.2) is 0 Å². The topological polar surface area (TPSA) is 38.9 Å². The van der Waals surface area contributed by atoms with E-state index in [1.54, 1.807) is 18.5 Å². The zero-order valence-electron chi connectivity index (χ0n) is 6.62. The molecule has 0 fully saturated rings. The van der Waals surface area contributed by atoms with Gasteiger partial charge in [-0.1, -0.05) is 6.08 Å². The first kappa shape index (κ1) is 7.95. The lowest BCUT2D eigenvalue weighted by molar-refractivity contribution is 0.891. The Balaban J connectivity index is 3.02. The third-order valence-electron chi connectivity index (χ3n) is 1.69. The molecule has 1 atom stereocenters. The fourth-order valence-corrected chi connectivity index (χ4v) is 0.952. The summed E-state index contributed by atoms with van der Waals surface area (Å²) in [5.74, 6) is 0. The molecule has 2 nitrogen and oxygen atoms in total. The fraction of sp³-hybridized carbons (Fsp3) is 0.222. The molecule has 0 saturated carbocycles. The smallest absolute Gasteiger partial charge is 0.0496 e. The number of nitrogens with zero attached hydrogens (tertiary/aromatic N) is 1. The van der Waals surface area contributed by atoms with Gasteiger partial charge in [0.15, 0.2) is 0 Å². The van der Waals surface area contributed by atoms with Crippen molar-refractivity contribution in [3.05, 3.63) is 42.2 Å². The maximum absolute atomic E-state index is 5.74. The maximum Gasteiger partial charge on any atom is 0.0496 e. The Hall–Kier alpha value is -1.15. The summed E-state index contributed by atoms with van der Waals surface area (Å²) in [7, 11) is 0. The van der Waals surface area contributed by atoms with Crippen LogP contribution in [0.5, 0.6) is 0 Å². The normalized spacial score (nSPS) is 12.5. The summed E-state index contributed by atoms with van der Waals surface area (Å²) < 4.78 is 0. The van der Waals surface area contributed by atoms with Crippen LogP contribution in [0.25, 0.3) is 0 Å². The largest absolute Gasteiger partial charge is 0.321 e. The average molecular weight is 148 g/mol. The van der Waals surface area contributed by atoms with Gasteiger partial charge in [-0.3, -0.25) is 4.98 Å². The Morgan fingerprint density at radius 3 is 3.00 bits per heavy atom. The van der Waals surface area contributed by atoms with Crippen molar-refractivity contribution in [2.24, 2.45) is 5.73 Å². The SMILES string of the molecule is C=CC(N)c1cnccc1C. The average Bonchev–Trinajstić information content (AvgIpc) is 2.04. The number of aromatic nitrogens is 1. The van der Waals surface area contributed by atoms with Crippen LogP contribution in [-0.4, -0.2) is 4.98 Å². The molecule has 1 heterocycles. The van der Waals surface area contributed by atoms with Crippen molar-refractivity contribution < 1.29 is 0 Å². The number of rotatable bonds is 2. The van der Waals surface area contributed by atoms with Crippen LogP contribution in [0.4, 0.5) is 0 Å². The molecular formula is C9H12N2. The second-order valence-corrected chi connectivity index (χ2v) is 2.49. The molecule has 0 radical (unpaired) electrons. The first-order valence-electron chi connectivity index (χ1n) is 3.54. The molecule has 0 amide bonds. The van der Waals surface area contributed by atoms with Crippen molar-refractivity contribution >= 4 is 0 Å². The van der Waals surface area contributed by atoms with Crippen molar-refractivity contribution in [3.8, 4) is 0 Å². The minimum atomic E-state index is -0.0938. The standard InChI is InChI=1S/C9H12N2/c1-3-9(10)8-6-11-5-4-7(8)2/h3-6,9H,1,10H2,2H3. The Morgan fingerprint density at radius 1 is 1.73 bits per heavy atom. The van der Waals surface area contributed by atoms with E-state index < -0.39 is 0 Å². The molecule has 11 heavy (non-hydrogen) atoms. The molecule has 1 rings (SSSR count). The van der Waals surface area contributed by atoms with Gasteiger partial charge in [0.2, 0.25) is 0 Å². The number of hydrogen-bond acceptors (Lipinski definition) is 2. The van der Waals surface area contributed by atoms with E-state index in [0.29, 0.717) is 0 Å². The molecule has 0 spiro atoms. The van der Waals surface area contributed by atoms with Gasteiger partial charge >= 0.3 is 0 Å². The van der Waals surface area contributed by atoms with Crippen LogP contribution in [0.2, 0.25) is 0 Å². The van der Waals surface area contributed by atoms with Gasteiger partial charge in [0.25, 0.3) is 0 Å². The summed E-state index contributed by atoms with van der Waals surface area (Å²) in [5, 5.41) is 0. The quantitative estimate of drug-likeness (QED) is 0.646. The van der Waals surface area contributed by atoms with E-state index in [4.69, 9.17) is 5.73 Å². The van der Waals surface area contributed by atoms with Gasteiger partial charge in [0.05, 0.1) is 0 Å². The Labute approximate surface area is 66.8 Å². The van der Waals surface area contributed by atoms with E-state index in [2.05, 4.69) is 11.6 Å². The summed E-state index contributed by atoms with van der Waals surface area (Å²) in [5.41, 5.74) is 7.94. The van der Waals surface area contributed by atoms with E-state index >= 15 is 0 Å². The predicted molar refractivity (Wildman–Crippen MR) is 46.1 cm³/mol. The number of hydrogen-bond donors (Lipinski definition) is 1. The van der Waals surface area contributed by atoms with Crippen LogP contribution >= 0.6 is 0 Å². The molecule has 58 valence electrons. The lowest BCUT2D eigenvalue weighted by Crippen LogP contribution is -2.08. The van der Waals surface area contributed by atoms with Crippen LogP contribution in [0.3, 0.4) is 0 Å². The van der Waals surface area contributed by atoms with Gasteiger partial charge in [0.1, 0.15) is 0 Å². The number of aryl methyl sites for hydroxylation is 1. The van der Waals surface area contributed by atoms with Gasteiger partial charge in [-0.15, -0.1) is 6.58 Å². The number of nitrogens with two attached hydrogens (primary N) is 1. The van der Waals surface area contributed by atoms with Gasteiger partial charge in [-0.05, 0) is 24.1 Å². The van der Waals surface area contributed by atoms with Crippen LogP contribution < -0.4 is 5.73 Å². The van der Waals surface area contributed by atoms with Gasteiger partial charge in [-0.2, -0.15) is 0 Å². The molecule has 0 bridgehead atoms. The summed E-state index contributed by atoms with van der Waals surface area (Å²) >= 11 is 0. The summed E-state index contributed by atoms with van der Waals surface area (Å²) in [6, 6.07) is 1.85. The molecule has 1 aromatic rings. The molecule has 1 aromatic heterocycles. The zero-order valence-corrected chi connectivity index (χ0v) is 6.62. The zero-order chi connectivity index (χ0) is 8.27. The van der Waals surface area contributed by atoms with Gasteiger partial charge in [0, 0.05) is 18.4 Å². The third kappa shape index (κ3) is 1.65. The molecule has 0 saturated heterocycles. The van der Waals surface area contributed by atoms with Crippen LogP contribution in [0.15, 0.2) is 31.1 Å². The van der Waals surface area contributed by atoms with Crippen LogP contribution in [-0.2, 0) is 0 Å². The van der Waals surface area contributed by atoms with Crippen molar-refractivity contribution in [1.82, 2.24) is 4.98 Å². The highest BCUT2D eigenvalue weighted by atomic mass is 14.7. The highest BCUT2D eigenvalue weighted by Crippen LogP contribution is 2.13. The third-order valence-corrected chi connectivity index (χ3v) is 1.69. The molecule has 0 aromatic carbocycles. The van der Waals surface area contributed by atoms with E-state index in [0.717, 1.165) is 11.1 Å². The van der Waals surface area contributed by atoms with Gasteiger partial charge < -0.3 is 5.73 Å².